The van der Waals surface area contributed by atoms with E-state index in [-0.39, 0.29) is 18.3 Å². The van der Waals surface area contributed by atoms with Gasteiger partial charge >= 0.3 is 0 Å². The van der Waals surface area contributed by atoms with Crippen molar-refractivity contribution in [1.29, 1.82) is 0 Å². The normalized spacial score (nSPS) is 15.3. The number of methoxy groups -OCH3 is 2. The summed E-state index contributed by atoms with van der Waals surface area (Å²) in [5.41, 5.74) is 5.44. The molecule has 2 rings (SSSR count). The van der Waals surface area contributed by atoms with Gasteiger partial charge in [0.15, 0.2) is 0 Å². The minimum atomic E-state index is -0.666. The zero-order valence-electron chi connectivity index (χ0n) is 14.3. The molecule has 0 atom stereocenters. The largest absolute Gasteiger partial charge is 0.496 e. The van der Waals surface area contributed by atoms with Crippen molar-refractivity contribution in [3.05, 3.63) is 18.2 Å². The summed E-state index contributed by atoms with van der Waals surface area (Å²) in [6.45, 7) is 1.05. The summed E-state index contributed by atoms with van der Waals surface area (Å²) < 4.78 is 16.1. The van der Waals surface area contributed by atoms with Crippen LogP contribution in [0.3, 0.4) is 0 Å². The van der Waals surface area contributed by atoms with E-state index in [1.165, 1.54) is 0 Å². The van der Waals surface area contributed by atoms with Gasteiger partial charge in [0, 0.05) is 24.7 Å². The highest BCUT2D eigenvalue weighted by molar-refractivity contribution is 5.86. The number of carbonyl (C=O) groups excluding carboxylic acids is 1. The molecule has 1 aromatic rings. The lowest BCUT2D eigenvalue weighted by molar-refractivity contribution is -0.126. The number of nitrogens with two attached hydrogens (primary N) is 1. The maximum atomic E-state index is 12.1. The Kier molecular flexibility index (Phi) is 8.15. The van der Waals surface area contributed by atoms with Crippen molar-refractivity contribution in [2.45, 2.75) is 37.6 Å². The monoisotopic (exact) mass is 358 g/mol. The van der Waals surface area contributed by atoms with Gasteiger partial charge in [-0.15, -0.1) is 12.4 Å². The van der Waals surface area contributed by atoms with Gasteiger partial charge in [0.2, 0.25) is 5.91 Å². The van der Waals surface area contributed by atoms with Crippen molar-refractivity contribution in [1.82, 2.24) is 5.32 Å². The third-order valence-electron chi connectivity index (χ3n) is 4.15. The van der Waals surface area contributed by atoms with Gasteiger partial charge in [0.25, 0.3) is 0 Å². The van der Waals surface area contributed by atoms with Crippen LogP contribution in [0.4, 0.5) is 0 Å². The maximum Gasteiger partial charge on any atom is 0.240 e. The molecule has 6 nitrogen and oxygen atoms in total. The number of carbonyl (C=O) groups is 1. The van der Waals surface area contributed by atoms with Crippen molar-refractivity contribution in [2.75, 3.05) is 27.4 Å². The highest BCUT2D eigenvalue weighted by Crippen LogP contribution is 2.28. The molecule has 0 heterocycles. The summed E-state index contributed by atoms with van der Waals surface area (Å²) in [6, 6.07) is 5.39. The molecule has 1 fully saturated rings. The lowest BCUT2D eigenvalue weighted by Gasteiger charge is -2.22. The van der Waals surface area contributed by atoms with Gasteiger partial charge in [-0.3, -0.25) is 4.79 Å². The Morgan fingerprint density at radius 1 is 1.12 bits per heavy atom. The second kappa shape index (κ2) is 9.59. The Labute approximate surface area is 149 Å². The summed E-state index contributed by atoms with van der Waals surface area (Å²) in [5, 5.41) is 2.90. The molecule has 1 aliphatic rings. The summed E-state index contributed by atoms with van der Waals surface area (Å²) in [7, 11) is 3.19. The van der Waals surface area contributed by atoms with Crippen molar-refractivity contribution < 1.29 is 19.0 Å². The van der Waals surface area contributed by atoms with Crippen LogP contribution in [0.5, 0.6) is 17.2 Å². The number of ether oxygens (including phenoxy) is 3. The Bertz CT molecular complexity index is 511. The molecule has 1 saturated carbocycles. The number of amides is 1. The van der Waals surface area contributed by atoms with E-state index in [0.717, 1.165) is 25.7 Å². The molecule has 0 aliphatic heterocycles. The van der Waals surface area contributed by atoms with E-state index in [1.54, 1.807) is 32.4 Å². The maximum absolute atomic E-state index is 12.1. The Morgan fingerprint density at radius 2 is 1.67 bits per heavy atom. The van der Waals surface area contributed by atoms with Crippen LogP contribution >= 0.6 is 12.4 Å². The van der Waals surface area contributed by atoms with Crippen molar-refractivity contribution in [3.63, 3.8) is 0 Å². The zero-order chi connectivity index (χ0) is 16.7. The average Bonchev–Trinajstić information content (AvgIpc) is 3.02. The van der Waals surface area contributed by atoms with Crippen LogP contribution in [-0.2, 0) is 4.79 Å². The van der Waals surface area contributed by atoms with E-state index in [2.05, 4.69) is 5.32 Å². The van der Waals surface area contributed by atoms with E-state index in [0.29, 0.717) is 36.8 Å². The van der Waals surface area contributed by atoms with E-state index in [9.17, 15) is 4.79 Å². The molecular weight excluding hydrogens is 332 g/mol. The number of benzene rings is 1. The third kappa shape index (κ3) is 5.46. The molecule has 3 N–H and O–H groups in total. The van der Waals surface area contributed by atoms with E-state index < -0.39 is 5.54 Å². The number of hydrogen-bond acceptors (Lipinski definition) is 5. The standard InChI is InChI=1S/C17H26N2O4.ClH/c1-21-13-10-14(22-2)12-15(11-13)23-9-5-8-19-16(20)17(18)6-3-4-7-17;/h10-12H,3-9,18H2,1-2H3,(H,19,20);1H. The van der Waals surface area contributed by atoms with Gasteiger partial charge in [0.1, 0.15) is 17.2 Å². The summed E-state index contributed by atoms with van der Waals surface area (Å²) in [6.07, 6.45) is 4.33. The molecule has 7 heteroatoms. The second-order valence-electron chi connectivity index (χ2n) is 5.87. The fourth-order valence-electron chi connectivity index (χ4n) is 2.74. The van der Waals surface area contributed by atoms with Crippen LogP contribution in [0, 0.1) is 0 Å². The minimum absolute atomic E-state index is 0. The lowest BCUT2D eigenvalue weighted by Crippen LogP contribution is -2.52. The molecule has 0 spiro atoms. The van der Waals surface area contributed by atoms with Gasteiger partial charge in [-0.2, -0.15) is 0 Å². The Hall–Kier alpha value is -1.66. The Morgan fingerprint density at radius 3 is 2.21 bits per heavy atom. The molecule has 0 aromatic heterocycles. The summed E-state index contributed by atoms with van der Waals surface area (Å²) in [5.74, 6) is 1.99. The molecule has 1 amide bonds. The predicted molar refractivity (Wildman–Crippen MR) is 95.3 cm³/mol. The topological polar surface area (TPSA) is 82.8 Å². The van der Waals surface area contributed by atoms with Crippen molar-refractivity contribution in [3.8, 4) is 17.2 Å². The third-order valence-corrected chi connectivity index (χ3v) is 4.15. The SMILES string of the molecule is COc1cc(OC)cc(OCCCNC(=O)C2(N)CCCC2)c1.Cl. The van der Waals surface area contributed by atoms with E-state index in [1.807, 2.05) is 0 Å². The minimum Gasteiger partial charge on any atom is -0.496 e. The molecular formula is C17H27ClN2O4. The first-order chi connectivity index (χ1) is 11.1. The van der Waals surface area contributed by atoms with E-state index in [4.69, 9.17) is 19.9 Å². The van der Waals surface area contributed by atoms with Gasteiger partial charge in [0.05, 0.1) is 26.4 Å². The van der Waals surface area contributed by atoms with Crippen molar-refractivity contribution >= 4 is 18.3 Å². The van der Waals surface area contributed by atoms with Crippen LogP contribution < -0.4 is 25.3 Å². The molecule has 1 aromatic carbocycles. The van der Waals surface area contributed by atoms with Gasteiger partial charge in [-0.25, -0.2) is 0 Å². The Balaban J connectivity index is 0.00000288. The fourth-order valence-corrected chi connectivity index (χ4v) is 2.74. The van der Waals surface area contributed by atoms with Crippen LogP contribution in [-0.4, -0.2) is 38.8 Å². The zero-order valence-corrected chi connectivity index (χ0v) is 15.1. The average molecular weight is 359 g/mol. The van der Waals surface area contributed by atoms with Gasteiger partial charge in [-0.1, -0.05) is 12.8 Å². The first kappa shape index (κ1) is 20.4. The molecule has 24 heavy (non-hydrogen) atoms. The van der Waals surface area contributed by atoms with Crippen LogP contribution in [0.25, 0.3) is 0 Å². The molecule has 136 valence electrons. The number of nitrogens with one attached hydrogen (secondary N) is 1. The number of halogens is 1. The second-order valence-corrected chi connectivity index (χ2v) is 5.87. The summed E-state index contributed by atoms with van der Waals surface area (Å²) in [4.78, 5) is 12.1. The van der Waals surface area contributed by atoms with Crippen LogP contribution in [0.1, 0.15) is 32.1 Å². The smallest absolute Gasteiger partial charge is 0.240 e. The van der Waals surface area contributed by atoms with Crippen LogP contribution in [0.15, 0.2) is 18.2 Å². The quantitative estimate of drug-likeness (QED) is 0.696. The van der Waals surface area contributed by atoms with Crippen LogP contribution in [0.2, 0.25) is 0 Å². The van der Waals surface area contributed by atoms with E-state index >= 15 is 0 Å². The molecule has 0 bridgehead atoms. The molecule has 0 saturated heterocycles. The molecule has 0 unspecified atom stereocenters. The number of rotatable bonds is 8. The van der Waals surface area contributed by atoms with Crippen molar-refractivity contribution in [2.24, 2.45) is 5.73 Å². The lowest BCUT2D eigenvalue weighted by atomic mass is 9.98. The highest BCUT2D eigenvalue weighted by atomic mass is 35.5. The first-order valence-corrected chi connectivity index (χ1v) is 8.00. The highest BCUT2D eigenvalue weighted by Gasteiger charge is 2.36. The molecule has 0 radical (unpaired) electrons. The first-order valence-electron chi connectivity index (χ1n) is 8.00. The summed E-state index contributed by atoms with van der Waals surface area (Å²) >= 11 is 0. The van der Waals surface area contributed by atoms with Gasteiger partial charge in [-0.05, 0) is 19.3 Å². The predicted octanol–water partition coefficient (Wildman–Crippen LogP) is 2.28. The molecule has 1 aliphatic carbocycles. The number of hydrogen-bond donors (Lipinski definition) is 2. The fraction of sp³-hybridized carbons (Fsp3) is 0.588. The van der Waals surface area contributed by atoms with Gasteiger partial charge < -0.3 is 25.3 Å².